The fraction of sp³-hybridized carbons (Fsp3) is 0.420. The van der Waals surface area contributed by atoms with Crippen LogP contribution in [0, 0.1) is 27.7 Å². The second-order valence-electron chi connectivity index (χ2n) is 18.1. The third kappa shape index (κ3) is 11.4. The molecule has 4 aromatic carbocycles. The Kier molecular flexibility index (Phi) is 15.8. The number of halogens is 2. The van der Waals surface area contributed by atoms with Gasteiger partial charge in [0.05, 0.1) is 8.95 Å². The summed E-state index contributed by atoms with van der Waals surface area (Å²) in [6.07, 6.45) is 9.05. The van der Waals surface area contributed by atoms with Gasteiger partial charge < -0.3 is 14.5 Å². The van der Waals surface area contributed by atoms with Gasteiger partial charge >= 0.3 is 130 Å². The molecule has 2 aliphatic rings. The van der Waals surface area contributed by atoms with Gasteiger partial charge in [-0.1, -0.05) is 46.8 Å². The van der Waals surface area contributed by atoms with Crippen LogP contribution in [0.3, 0.4) is 0 Å². The van der Waals surface area contributed by atoms with Crippen molar-refractivity contribution in [3.8, 4) is 22.6 Å². The Hall–Kier alpha value is -2.70. The van der Waals surface area contributed by atoms with Gasteiger partial charge in [-0.3, -0.25) is 0 Å². The second-order valence-corrected chi connectivity index (χ2v) is 26.0. The molecule has 7 rings (SSSR count). The van der Waals surface area contributed by atoms with Crippen molar-refractivity contribution < 1.29 is 27.5 Å². The maximum atomic E-state index is 11.4. The van der Waals surface area contributed by atoms with E-state index in [-0.39, 0.29) is 10.5 Å². The van der Waals surface area contributed by atoms with E-state index in [9.17, 15) is 5.11 Å². The number of fused-ring (bicyclic) bond motifs is 2. The molecule has 2 aliphatic carbocycles. The van der Waals surface area contributed by atoms with Crippen molar-refractivity contribution in [1.82, 2.24) is 4.98 Å². The van der Waals surface area contributed by atoms with Crippen molar-refractivity contribution in [2.75, 3.05) is 0 Å². The number of phenolic OH excluding ortho intramolecular Hbond substituents is 1. The van der Waals surface area contributed by atoms with Crippen molar-refractivity contribution in [2.24, 2.45) is 3.50 Å². The Bertz CT molecular complexity index is 2240. The van der Waals surface area contributed by atoms with Crippen LogP contribution >= 0.6 is 31.9 Å². The fourth-order valence-electron chi connectivity index (χ4n) is 7.44. The van der Waals surface area contributed by atoms with Crippen LogP contribution in [-0.4, -0.2) is 17.8 Å². The van der Waals surface area contributed by atoms with Crippen LogP contribution in [0.25, 0.3) is 11.1 Å². The van der Waals surface area contributed by atoms with Gasteiger partial charge in [-0.2, -0.15) is 11.4 Å². The van der Waals surface area contributed by atoms with Crippen LogP contribution in [0.1, 0.15) is 111 Å². The van der Waals surface area contributed by atoms with E-state index in [1.54, 1.807) is 0 Å². The molecule has 5 aromatic rings. The summed E-state index contributed by atoms with van der Waals surface area (Å²) in [7, 11) is -2.08. The zero-order valence-electron chi connectivity index (χ0n) is 36.6. The number of nitrogens with zero attached hydrogens (tertiary/aromatic N) is 2. The van der Waals surface area contributed by atoms with Crippen molar-refractivity contribution in [1.29, 1.82) is 0 Å². The molecule has 0 spiro atoms. The normalized spacial score (nSPS) is 13.8. The zero-order chi connectivity index (χ0) is 42.4. The van der Waals surface area contributed by atoms with Crippen molar-refractivity contribution in [3.63, 3.8) is 0 Å². The van der Waals surface area contributed by atoms with Crippen LogP contribution in [0.5, 0.6) is 11.5 Å². The number of rotatable bonds is 6. The Balaban J connectivity index is 0.000000201. The molecule has 0 atom stereocenters. The number of hydrogen-bond donors (Lipinski definition) is 1. The summed E-state index contributed by atoms with van der Waals surface area (Å²) >= 11 is 7.05. The summed E-state index contributed by atoms with van der Waals surface area (Å²) < 4.78 is 16.1. The SMILES string of the molecule is CC(C)(C)[Si](C)(C)Oc1c(Br)cc2c(c1-c1c(O)c(Br)cc3c1CCCC3)CCCC2.Cc1ccc(C)[n-]1.Cc1cccc(C)c1[N]=[Mo]=[CH]C(C)(C)c1ccccc1. The van der Waals surface area contributed by atoms with E-state index in [2.05, 4.69) is 163 Å². The molecule has 0 saturated carbocycles. The predicted molar refractivity (Wildman–Crippen MR) is 253 cm³/mol. The molecule has 58 heavy (non-hydrogen) atoms. The summed E-state index contributed by atoms with van der Waals surface area (Å²) in [5.41, 5.74) is 15.1. The summed E-state index contributed by atoms with van der Waals surface area (Å²) in [4.78, 5) is 4.11. The Morgan fingerprint density at radius 2 is 1.22 bits per heavy atom. The van der Waals surface area contributed by atoms with Gasteiger partial charge in [0.1, 0.15) is 11.5 Å². The Morgan fingerprint density at radius 3 is 1.74 bits per heavy atom. The molecule has 0 unspecified atom stereocenters. The predicted octanol–water partition coefficient (Wildman–Crippen LogP) is 15.0. The number of hydrogen-bond acceptors (Lipinski definition) is 3. The van der Waals surface area contributed by atoms with E-state index in [0.717, 1.165) is 62.9 Å². The minimum atomic E-state index is -2.08. The standard InChI is InChI=1S/C26H34Br2O2Si.C10H12.C8H9N.C6H8N.Mo/c1-26(2,3)31(4,5)30-25-21(28)15-17-11-7-9-13-19(17)23(25)22-18-12-8-6-10-16(18)14-20(27)24(22)29;1-10(2,3)9-7-5-4-6-8-9;1-6-4-3-5-7(2)8(6)9;1-5-3-4-6(2)7-5;/h14-15,29H,6-13H2,1-5H3;1,4-8H,2-3H3;3-5H,1-2H3;3-4H,1-2H3;/q;;;-1;. The third-order valence-corrected chi connectivity index (χ3v) is 19.8. The number of aryl methyl sites for hydroxylation is 6. The van der Waals surface area contributed by atoms with Gasteiger partial charge in [0.2, 0.25) is 0 Å². The molecule has 0 amide bonds. The molecule has 8 heteroatoms. The Labute approximate surface area is 375 Å². The summed E-state index contributed by atoms with van der Waals surface area (Å²) in [5, 5.41) is 11.5. The quantitative estimate of drug-likeness (QED) is 0.172. The average Bonchev–Trinajstić information content (AvgIpc) is 3.56. The van der Waals surface area contributed by atoms with E-state index in [1.165, 1.54) is 70.3 Å². The van der Waals surface area contributed by atoms with Gasteiger partial charge in [0.25, 0.3) is 8.32 Å². The molecular weight excluding hydrogens is 944 g/mol. The molecule has 0 aliphatic heterocycles. The molecule has 1 N–H and O–H groups in total. The first-order chi connectivity index (χ1) is 27.3. The maximum absolute atomic E-state index is 11.4. The van der Waals surface area contributed by atoms with Crippen LogP contribution in [-0.2, 0) is 49.0 Å². The zero-order valence-corrected chi connectivity index (χ0v) is 42.8. The molecular formula is C50H63Br2MoN2O2Si-. The van der Waals surface area contributed by atoms with Gasteiger partial charge in [0, 0.05) is 11.1 Å². The number of benzene rings is 4. The Morgan fingerprint density at radius 1 is 0.707 bits per heavy atom. The van der Waals surface area contributed by atoms with Crippen molar-refractivity contribution in [3.05, 3.63) is 132 Å². The topological polar surface area (TPSA) is 55.9 Å². The van der Waals surface area contributed by atoms with Crippen molar-refractivity contribution in [2.45, 2.75) is 137 Å². The minimum absolute atomic E-state index is 0.0956. The molecule has 310 valence electrons. The van der Waals surface area contributed by atoms with Crippen molar-refractivity contribution >= 4 is 50.3 Å². The fourth-order valence-corrected chi connectivity index (χ4v) is 11.7. The monoisotopic (exact) mass is 1010 g/mol. The summed E-state index contributed by atoms with van der Waals surface area (Å²) in [6.45, 7) is 24.3. The van der Waals surface area contributed by atoms with Crippen LogP contribution in [0.4, 0.5) is 5.69 Å². The molecule has 1 aromatic heterocycles. The van der Waals surface area contributed by atoms with E-state index in [1.807, 2.05) is 26.0 Å². The number of phenols is 1. The average molecular weight is 1010 g/mol. The van der Waals surface area contributed by atoms with E-state index in [0.29, 0.717) is 5.75 Å². The van der Waals surface area contributed by atoms with Gasteiger partial charge in [-0.05, 0) is 136 Å². The first-order valence-electron chi connectivity index (χ1n) is 20.8. The number of aromatic nitrogens is 1. The third-order valence-electron chi connectivity index (χ3n) is 11.9. The summed E-state index contributed by atoms with van der Waals surface area (Å²) in [6, 6.07) is 25.5. The van der Waals surface area contributed by atoms with E-state index in [4.69, 9.17) is 7.92 Å². The van der Waals surface area contributed by atoms with Gasteiger partial charge in [-0.15, -0.1) is 0 Å². The van der Waals surface area contributed by atoms with E-state index < -0.39 is 26.2 Å². The molecule has 4 nitrogen and oxygen atoms in total. The van der Waals surface area contributed by atoms with Crippen LogP contribution < -0.4 is 9.41 Å². The first kappa shape index (κ1) is 46.4. The molecule has 0 fully saturated rings. The second kappa shape index (κ2) is 19.8. The molecule has 0 saturated heterocycles. The molecule has 0 bridgehead atoms. The van der Waals surface area contributed by atoms with Gasteiger partial charge in [-0.25, -0.2) is 0 Å². The molecule has 1 heterocycles. The van der Waals surface area contributed by atoms with E-state index >= 15 is 0 Å². The van der Waals surface area contributed by atoms with Crippen LogP contribution in [0.2, 0.25) is 18.1 Å². The van der Waals surface area contributed by atoms with Crippen LogP contribution in [0.15, 0.2) is 85.2 Å². The molecule has 0 radical (unpaired) electrons. The number of aromatic hydroxyl groups is 1. The van der Waals surface area contributed by atoms with Gasteiger partial charge in [0.15, 0.2) is 0 Å². The first-order valence-corrected chi connectivity index (χ1v) is 27.3. The summed E-state index contributed by atoms with van der Waals surface area (Å²) in [5.74, 6) is 1.31.